The van der Waals surface area contributed by atoms with Crippen molar-refractivity contribution in [3.05, 3.63) is 0 Å². The molecule has 1 rings (SSSR count). The van der Waals surface area contributed by atoms with Gasteiger partial charge in [0.05, 0.1) is 11.4 Å². The van der Waals surface area contributed by atoms with Gasteiger partial charge < -0.3 is 11.1 Å². The maximum Gasteiger partial charge on any atom is 0.0990 e. The van der Waals surface area contributed by atoms with E-state index in [-0.39, 0.29) is 5.50 Å². The Morgan fingerprint density at radius 2 is 2.38 bits per heavy atom. The van der Waals surface area contributed by atoms with Crippen molar-refractivity contribution in [3.63, 3.8) is 0 Å². The molecule has 1 aliphatic rings. The van der Waals surface area contributed by atoms with Crippen molar-refractivity contribution in [3.8, 4) is 0 Å². The summed E-state index contributed by atoms with van der Waals surface area (Å²) in [6.45, 7) is 3.62. The second-order valence-corrected chi connectivity index (χ2v) is 4.07. The molecule has 0 aromatic rings. The molecule has 2 unspecified atom stereocenters. The highest BCUT2D eigenvalue weighted by atomic mass is 35.5. The molecule has 2 atom stereocenters. The molecule has 0 spiro atoms. The van der Waals surface area contributed by atoms with Crippen molar-refractivity contribution < 1.29 is 0 Å². The molecule has 3 N–H and O–H groups in total. The number of halogens is 2. The highest BCUT2D eigenvalue weighted by Gasteiger charge is 2.26. The first kappa shape index (κ1) is 11.5. The van der Waals surface area contributed by atoms with Gasteiger partial charge in [0.25, 0.3) is 0 Å². The van der Waals surface area contributed by atoms with E-state index in [2.05, 4.69) is 10.2 Å². The molecular formula is C8H17Cl2N3. The first-order valence-corrected chi connectivity index (χ1v) is 5.63. The Morgan fingerprint density at radius 3 is 3.00 bits per heavy atom. The van der Waals surface area contributed by atoms with Crippen molar-refractivity contribution in [2.75, 3.05) is 32.1 Å². The van der Waals surface area contributed by atoms with Crippen LogP contribution in [0.25, 0.3) is 0 Å². The molecule has 5 heteroatoms. The molecule has 0 amide bonds. The number of hydrogen-bond acceptors (Lipinski definition) is 3. The van der Waals surface area contributed by atoms with E-state index in [0.29, 0.717) is 18.5 Å². The fraction of sp³-hybridized carbons (Fsp3) is 1.00. The second-order valence-electron chi connectivity index (χ2n) is 3.26. The molecule has 78 valence electrons. The standard InChI is InChI=1S/C8H17Cl2N3/c9-5-8(10)13-4-3-12-6-7(13)1-2-11/h7-8,12H,1-6,11H2. The quantitative estimate of drug-likeness (QED) is 0.539. The average Bonchev–Trinajstić information content (AvgIpc) is 2.18. The van der Waals surface area contributed by atoms with Gasteiger partial charge in [-0.2, -0.15) is 0 Å². The largest absolute Gasteiger partial charge is 0.330 e. The van der Waals surface area contributed by atoms with E-state index >= 15 is 0 Å². The summed E-state index contributed by atoms with van der Waals surface area (Å²) >= 11 is 11.8. The number of hydrogen-bond donors (Lipinski definition) is 2. The topological polar surface area (TPSA) is 41.3 Å². The lowest BCUT2D eigenvalue weighted by atomic mass is 10.1. The minimum Gasteiger partial charge on any atom is -0.330 e. The molecule has 1 heterocycles. The van der Waals surface area contributed by atoms with Gasteiger partial charge in [-0.05, 0) is 13.0 Å². The summed E-state index contributed by atoms with van der Waals surface area (Å²) < 4.78 is 0. The smallest absolute Gasteiger partial charge is 0.0990 e. The van der Waals surface area contributed by atoms with Gasteiger partial charge >= 0.3 is 0 Å². The third kappa shape index (κ3) is 3.26. The minimum absolute atomic E-state index is 0.0553. The molecule has 0 saturated carbocycles. The molecular weight excluding hydrogens is 209 g/mol. The van der Waals surface area contributed by atoms with Gasteiger partial charge in [-0.25, -0.2) is 0 Å². The van der Waals surface area contributed by atoms with Gasteiger partial charge in [-0.15, -0.1) is 23.2 Å². The predicted molar refractivity (Wildman–Crippen MR) is 57.4 cm³/mol. The Bertz CT molecular complexity index is 143. The summed E-state index contributed by atoms with van der Waals surface area (Å²) in [5.41, 5.74) is 5.48. The normalized spacial score (nSPS) is 27.5. The van der Waals surface area contributed by atoms with E-state index in [0.717, 1.165) is 26.1 Å². The van der Waals surface area contributed by atoms with Crippen LogP contribution < -0.4 is 11.1 Å². The zero-order valence-corrected chi connectivity index (χ0v) is 9.19. The minimum atomic E-state index is -0.0553. The summed E-state index contributed by atoms with van der Waals surface area (Å²) in [6, 6.07) is 0.444. The molecule has 1 saturated heterocycles. The first-order valence-electron chi connectivity index (χ1n) is 4.66. The van der Waals surface area contributed by atoms with Crippen molar-refractivity contribution in [1.29, 1.82) is 0 Å². The van der Waals surface area contributed by atoms with Gasteiger partial charge in [-0.3, -0.25) is 4.90 Å². The Balaban J connectivity index is 2.45. The van der Waals surface area contributed by atoms with Crippen LogP contribution in [0.15, 0.2) is 0 Å². The van der Waals surface area contributed by atoms with Gasteiger partial charge in [0, 0.05) is 25.7 Å². The number of rotatable bonds is 4. The highest BCUT2D eigenvalue weighted by molar-refractivity contribution is 6.27. The Morgan fingerprint density at radius 1 is 1.62 bits per heavy atom. The van der Waals surface area contributed by atoms with Gasteiger partial charge in [0.15, 0.2) is 0 Å². The van der Waals surface area contributed by atoms with Crippen LogP contribution in [0.5, 0.6) is 0 Å². The zero-order valence-electron chi connectivity index (χ0n) is 7.68. The molecule has 13 heavy (non-hydrogen) atoms. The van der Waals surface area contributed by atoms with E-state index in [9.17, 15) is 0 Å². The summed E-state index contributed by atoms with van der Waals surface area (Å²) in [5.74, 6) is 0.475. The van der Waals surface area contributed by atoms with Gasteiger partial charge in [0.1, 0.15) is 0 Å². The fourth-order valence-corrected chi connectivity index (χ4v) is 2.13. The molecule has 0 radical (unpaired) electrons. The van der Waals surface area contributed by atoms with Crippen LogP contribution in [-0.4, -0.2) is 48.5 Å². The van der Waals surface area contributed by atoms with Crippen molar-refractivity contribution in [1.82, 2.24) is 10.2 Å². The van der Waals surface area contributed by atoms with Crippen LogP contribution in [0.4, 0.5) is 0 Å². The molecule has 0 aromatic carbocycles. The van der Waals surface area contributed by atoms with E-state index in [1.165, 1.54) is 0 Å². The summed E-state index contributed by atoms with van der Waals surface area (Å²) in [4.78, 5) is 2.23. The van der Waals surface area contributed by atoms with Crippen molar-refractivity contribution in [2.45, 2.75) is 18.0 Å². The second kappa shape index (κ2) is 6.04. The fourth-order valence-electron chi connectivity index (χ4n) is 1.69. The summed E-state index contributed by atoms with van der Waals surface area (Å²) in [6.07, 6.45) is 0.979. The predicted octanol–water partition coefficient (Wildman–Crippen LogP) is 0.413. The maximum absolute atomic E-state index is 6.10. The van der Waals surface area contributed by atoms with Crippen LogP contribution in [0.1, 0.15) is 6.42 Å². The van der Waals surface area contributed by atoms with E-state index in [1.54, 1.807) is 0 Å². The Hall–Kier alpha value is 0.460. The third-order valence-electron chi connectivity index (χ3n) is 2.38. The number of nitrogens with zero attached hydrogens (tertiary/aromatic N) is 1. The lowest BCUT2D eigenvalue weighted by Gasteiger charge is -2.38. The highest BCUT2D eigenvalue weighted by Crippen LogP contribution is 2.15. The van der Waals surface area contributed by atoms with Crippen LogP contribution in [0.2, 0.25) is 0 Å². The number of nitrogens with two attached hydrogens (primary N) is 1. The van der Waals surface area contributed by atoms with Gasteiger partial charge in [0.2, 0.25) is 0 Å². The number of piperazine rings is 1. The number of alkyl halides is 2. The lowest BCUT2D eigenvalue weighted by molar-refractivity contribution is 0.147. The third-order valence-corrected chi connectivity index (χ3v) is 3.24. The van der Waals surface area contributed by atoms with Gasteiger partial charge in [-0.1, -0.05) is 0 Å². The van der Waals surface area contributed by atoms with Crippen LogP contribution in [-0.2, 0) is 0 Å². The summed E-state index contributed by atoms with van der Waals surface area (Å²) in [5, 5.41) is 3.33. The molecule has 0 bridgehead atoms. The van der Waals surface area contributed by atoms with Crippen molar-refractivity contribution in [2.24, 2.45) is 5.73 Å². The SMILES string of the molecule is NCCC1CNCCN1C(Cl)CCl. The van der Waals surface area contributed by atoms with Crippen LogP contribution in [0.3, 0.4) is 0 Å². The zero-order chi connectivity index (χ0) is 9.68. The maximum atomic E-state index is 6.10. The molecule has 3 nitrogen and oxygen atoms in total. The summed E-state index contributed by atoms with van der Waals surface area (Å²) in [7, 11) is 0. The molecule has 0 aliphatic carbocycles. The molecule has 0 aromatic heterocycles. The molecule has 1 fully saturated rings. The number of nitrogens with one attached hydrogen (secondary N) is 1. The lowest BCUT2D eigenvalue weighted by Crippen LogP contribution is -2.54. The van der Waals surface area contributed by atoms with E-state index < -0.39 is 0 Å². The Labute approximate surface area is 89.5 Å². The van der Waals surface area contributed by atoms with Crippen LogP contribution >= 0.6 is 23.2 Å². The van der Waals surface area contributed by atoms with E-state index in [1.807, 2.05) is 0 Å². The molecule has 1 aliphatic heterocycles. The first-order chi connectivity index (χ1) is 6.29. The van der Waals surface area contributed by atoms with E-state index in [4.69, 9.17) is 28.9 Å². The van der Waals surface area contributed by atoms with Crippen molar-refractivity contribution >= 4 is 23.2 Å². The Kier molecular flexibility index (Phi) is 5.36. The monoisotopic (exact) mass is 225 g/mol. The van der Waals surface area contributed by atoms with Crippen LogP contribution in [0, 0.1) is 0 Å². The average molecular weight is 226 g/mol.